The Kier molecular flexibility index (Phi) is 6.59. The van der Waals surface area contributed by atoms with Gasteiger partial charge in [0.15, 0.2) is 11.5 Å². The van der Waals surface area contributed by atoms with Gasteiger partial charge in [-0.1, -0.05) is 18.2 Å². The molecule has 2 amide bonds. The second-order valence-corrected chi connectivity index (χ2v) is 5.17. The van der Waals surface area contributed by atoms with Crippen molar-refractivity contribution in [3.63, 3.8) is 0 Å². The van der Waals surface area contributed by atoms with Crippen LogP contribution in [0.1, 0.15) is 18.6 Å². The smallest absolute Gasteiger partial charge is 0.319 e. The Hall–Kier alpha value is -2.80. The Morgan fingerprint density at radius 2 is 2.00 bits per heavy atom. The van der Waals surface area contributed by atoms with Gasteiger partial charge in [0.05, 0.1) is 19.8 Å². The predicted molar refractivity (Wildman–Crippen MR) is 92.5 cm³/mol. The second-order valence-electron chi connectivity index (χ2n) is 5.17. The van der Waals surface area contributed by atoms with E-state index in [-0.39, 0.29) is 12.1 Å². The van der Waals surface area contributed by atoms with Crippen LogP contribution < -0.4 is 20.1 Å². The summed E-state index contributed by atoms with van der Waals surface area (Å²) in [6, 6.07) is 10.3. The summed E-state index contributed by atoms with van der Waals surface area (Å²) in [5.41, 5.74) is 0.632. The Morgan fingerprint density at radius 3 is 2.68 bits per heavy atom. The number of carbonyl (C=O) groups is 1. The fourth-order valence-corrected chi connectivity index (χ4v) is 2.24. The molecule has 6 nitrogen and oxygen atoms in total. The van der Waals surface area contributed by atoms with Gasteiger partial charge in [-0.25, -0.2) is 9.18 Å². The second kappa shape index (κ2) is 8.89. The number of methoxy groups -OCH3 is 1. The van der Waals surface area contributed by atoms with Crippen LogP contribution in [-0.4, -0.2) is 31.4 Å². The summed E-state index contributed by atoms with van der Waals surface area (Å²) in [5, 5.41) is 15.1. The van der Waals surface area contributed by atoms with E-state index in [4.69, 9.17) is 9.47 Å². The molecule has 0 heterocycles. The van der Waals surface area contributed by atoms with Crippen LogP contribution in [0.2, 0.25) is 0 Å². The first-order valence-electron chi connectivity index (χ1n) is 7.83. The summed E-state index contributed by atoms with van der Waals surface area (Å²) < 4.78 is 24.2. The van der Waals surface area contributed by atoms with Crippen LogP contribution in [0, 0.1) is 5.82 Å². The van der Waals surface area contributed by atoms with E-state index in [9.17, 15) is 14.3 Å². The van der Waals surface area contributed by atoms with Crippen molar-refractivity contribution in [2.45, 2.75) is 13.0 Å². The molecule has 0 aliphatic rings. The first kappa shape index (κ1) is 18.5. The maximum Gasteiger partial charge on any atom is 0.319 e. The Balaban J connectivity index is 1.94. The van der Waals surface area contributed by atoms with Gasteiger partial charge in [0.2, 0.25) is 0 Å². The fraction of sp³-hybridized carbons (Fsp3) is 0.278. The predicted octanol–water partition coefficient (Wildman–Crippen LogP) is 3.09. The largest absolute Gasteiger partial charge is 0.493 e. The van der Waals surface area contributed by atoms with Crippen molar-refractivity contribution in [1.29, 1.82) is 0 Å². The quantitative estimate of drug-likeness (QED) is 0.718. The van der Waals surface area contributed by atoms with Crippen LogP contribution in [0.4, 0.5) is 14.9 Å². The van der Waals surface area contributed by atoms with Crippen molar-refractivity contribution in [2.75, 3.05) is 25.6 Å². The first-order chi connectivity index (χ1) is 12.0. The van der Waals surface area contributed by atoms with Gasteiger partial charge in [-0.2, -0.15) is 0 Å². The zero-order chi connectivity index (χ0) is 18.2. The minimum Gasteiger partial charge on any atom is -0.493 e. The summed E-state index contributed by atoms with van der Waals surface area (Å²) in [6.07, 6.45) is -1.14. The molecule has 25 heavy (non-hydrogen) atoms. The molecule has 0 bridgehead atoms. The van der Waals surface area contributed by atoms with Crippen LogP contribution in [0.3, 0.4) is 0 Å². The van der Waals surface area contributed by atoms with Crippen LogP contribution >= 0.6 is 0 Å². The van der Waals surface area contributed by atoms with Gasteiger partial charge in [0, 0.05) is 23.9 Å². The van der Waals surface area contributed by atoms with Crippen molar-refractivity contribution in [1.82, 2.24) is 5.32 Å². The molecule has 134 valence electrons. The molecular weight excluding hydrogens is 327 g/mol. The van der Waals surface area contributed by atoms with Crippen molar-refractivity contribution >= 4 is 11.7 Å². The number of nitrogens with one attached hydrogen (secondary N) is 2. The summed E-state index contributed by atoms with van der Waals surface area (Å²) in [6.45, 7) is 2.18. The normalized spacial score (nSPS) is 11.5. The molecule has 0 radical (unpaired) electrons. The molecule has 0 saturated heterocycles. The van der Waals surface area contributed by atoms with Crippen LogP contribution in [0.5, 0.6) is 11.5 Å². The maximum absolute atomic E-state index is 13.6. The summed E-state index contributed by atoms with van der Waals surface area (Å²) in [5.74, 6) is 0.547. The molecule has 7 heteroatoms. The topological polar surface area (TPSA) is 79.8 Å². The van der Waals surface area contributed by atoms with Gasteiger partial charge in [0.1, 0.15) is 5.82 Å². The van der Waals surface area contributed by atoms with E-state index in [1.807, 2.05) is 6.92 Å². The van der Waals surface area contributed by atoms with Crippen molar-refractivity contribution in [3.05, 3.63) is 53.8 Å². The lowest BCUT2D eigenvalue weighted by Crippen LogP contribution is -2.32. The maximum atomic E-state index is 13.6. The van der Waals surface area contributed by atoms with Crippen LogP contribution in [0.15, 0.2) is 42.5 Å². The number of hydrogen-bond acceptors (Lipinski definition) is 4. The third-order valence-electron chi connectivity index (χ3n) is 3.44. The molecule has 0 fully saturated rings. The first-order valence-corrected chi connectivity index (χ1v) is 7.83. The van der Waals surface area contributed by atoms with Crippen molar-refractivity contribution in [2.24, 2.45) is 0 Å². The average molecular weight is 348 g/mol. The number of aliphatic hydroxyl groups excluding tert-OH is 1. The van der Waals surface area contributed by atoms with E-state index < -0.39 is 18.0 Å². The number of anilines is 1. The van der Waals surface area contributed by atoms with Crippen molar-refractivity contribution < 1.29 is 23.8 Å². The molecule has 2 aromatic carbocycles. The lowest BCUT2D eigenvalue weighted by Gasteiger charge is -2.15. The van der Waals surface area contributed by atoms with Crippen LogP contribution in [-0.2, 0) is 0 Å². The highest BCUT2D eigenvalue weighted by Crippen LogP contribution is 2.30. The zero-order valence-corrected chi connectivity index (χ0v) is 14.1. The summed E-state index contributed by atoms with van der Waals surface area (Å²) in [4.78, 5) is 12.0. The van der Waals surface area contributed by atoms with Gasteiger partial charge in [-0.3, -0.25) is 0 Å². The minimum absolute atomic E-state index is 0.124. The number of aliphatic hydroxyl groups is 1. The molecule has 1 atom stereocenters. The van der Waals surface area contributed by atoms with Crippen molar-refractivity contribution in [3.8, 4) is 11.5 Å². The number of hydrogen-bond donors (Lipinski definition) is 3. The SMILES string of the molecule is CCOc1cc(NC(=O)NCC(O)c2ccccc2F)ccc1OC. The van der Waals surface area contributed by atoms with E-state index in [0.29, 0.717) is 23.8 Å². The Bertz CT molecular complexity index is 724. The molecule has 2 rings (SSSR count). The highest BCUT2D eigenvalue weighted by molar-refractivity contribution is 5.89. The lowest BCUT2D eigenvalue weighted by molar-refractivity contribution is 0.170. The molecule has 0 aliphatic heterocycles. The van der Waals surface area contributed by atoms with Gasteiger partial charge in [-0.05, 0) is 25.1 Å². The van der Waals surface area contributed by atoms with Gasteiger partial charge >= 0.3 is 6.03 Å². The third-order valence-corrected chi connectivity index (χ3v) is 3.44. The van der Waals surface area contributed by atoms with Gasteiger partial charge in [0.25, 0.3) is 0 Å². The van der Waals surface area contributed by atoms with Gasteiger partial charge < -0.3 is 25.2 Å². The number of carbonyl (C=O) groups excluding carboxylic acids is 1. The van der Waals surface area contributed by atoms with E-state index in [0.717, 1.165) is 0 Å². The van der Waals surface area contributed by atoms with E-state index in [1.54, 1.807) is 24.3 Å². The minimum atomic E-state index is -1.14. The number of urea groups is 1. The third kappa shape index (κ3) is 5.09. The standard InChI is InChI=1S/C18H21FN2O4/c1-3-25-17-10-12(8-9-16(17)24-2)21-18(23)20-11-15(22)13-6-4-5-7-14(13)19/h4-10,15,22H,3,11H2,1-2H3,(H2,20,21,23). The molecular formula is C18H21FN2O4. The number of rotatable bonds is 7. The summed E-state index contributed by atoms with van der Waals surface area (Å²) in [7, 11) is 1.53. The number of halogens is 1. The number of amides is 2. The van der Waals surface area contributed by atoms with Crippen LogP contribution in [0.25, 0.3) is 0 Å². The molecule has 3 N–H and O–H groups in total. The molecule has 0 saturated carbocycles. The molecule has 0 spiro atoms. The lowest BCUT2D eigenvalue weighted by atomic mass is 10.1. The number of ether oxygens (including phenoxy) is 2. The van der Waals surface area contributed by atoms with E-state index in [1.165, 1.54) is 25.3 Å². The monoisotopic (exact) mass is 348 g/mol. The average Bonchev–Trinajstić information content (AvgIpc) is 2.61. The van der Waals surface area contributed by atoms with Gasteiger partial charge in [-0.15, -0.1) is 0 Å². The molecule has 1 unspecified atom stereocenters. The molecule has 0 aliphatic carbocycles. The summed E-state index contributed by atoms with van der Waals surface area (Å²) >= 11 is 0. The Labute approximate surface area is 145 Å². The molecule has 0 aromatic heterocycles. The highest BCUT2D eigenvalue weighted by atomic mass is 19.1. The van der Waals surface area contributed by atoms with E-state index in [2.05, 4.69) is 10.6 Å². The highest BCUT2D eigenvalue weighted by Gasteiger charge is 2.14. The fourth-order valence-electron chi connectivity index (χ4n) is 2.24. The Morgan fingerprint density at radius 1 is 1.24 bits per heavy atom. The zero-order valence-electron chi connectivity index (χ0n) is 14.1. The molecule has 2 aromatic rings. The number of benzene rings is 2. The van der Waals surface area contributed by atoms with E-state index >= 15 is 0 Å².